The minimum absolute atomic E-state index is 0.173. The van der Waals surface area contributed by atoms with Gasteiger partial charge in [0.1, 0.15) is 0 Å². The molecule has 0 unspecified atom stereocenters. The first-order valence-electron chi connectivity index (χ1n) is 12.1. The van der Waals surface area contributed by atoms with Crippen LogP contribution in [0.4, 0.5) is 0 Å². The highest BCUT2D eigenvalue weighted by Crippen LogP contribution is 2.40. The zero-order chi connectivity index (χ0) is 25.5. The van der Waals surface area contributed by atoms with Crippen molar-refractivity contribution in [3.05, 3.63) is 81.6 Å². The summed E-state index contributed by atoms with van der Waals surface area (Å²) in [6, 6.07) is 4.36. The largest absolute Gasteiger partial charge is 0.137 e. The lowest BCUT2D eigenvalue weighted by Crippen LogP contribution is -2.22. The van der Waals surface area contributed by atoms with Gasteiger partial charge in [-0.15, -0.1) is 11.3 Å². The maximum atomic E-state index is 2.29. The molecule has 0 radical (unpaired) electrons. The summed E-state index contributed by atoms with van der Waals surface area (Å²) in [5, 5.41) is 0. The topological polar surface area (TPSA) is 0 Å². The Morgan fingerprint density at radius 3 is 1.06 bits per heavy atom. The highest BCUT2D eigenvalue weighted by molar-refractivity contribution is 7.13. The van der Waals surface area contributed by atoms with Gasteiger partial charge in [-0.2, -0.15) is 0 Å². The van der Waals surface area contributed by atoms with E-state index in [1.165, 1.54) is 20.9 Å². The molecule has 0 fully saturated rings. The van der Waals surface area contributed by atoms with Gasteiger partial charge in [-0.25, -0.2) is 0 Å². The summed E-state index contributed by atoms with van der Waals surface area (Å²) in [5.74, 6) is 0. The monoisotopic (exact) mass is 464 g/mol. The fourth-order valence-corrected chi connectivity index (χ4v) is 5.37. The van der Waals surface area contributed by atoms with Gasteiger partial charge in [-0.3, -0.25) is 0 Å². The van der Waals surface area contributed by atoms with Gasteiger partial charge >= 0.3 is 0 Å². The molecule has 33 heavy (non-hydrogen) atoms. The van der Waals surface area contributed by atoms with Gasteiger partial charge in [0.05, 0.1) is 0 Å². The lowest BCUT2D eigenvalue weighted by atomic mass is 9.72. The van der Waals surface area contributed by atoms with Gasteiger partial charge in [-0.1, -0.05) is 143 Å². The first-order chi connectivity index (χ1) is 14.9. The van der Waals surface area contributed by atoms with Gasteiger partial charge < -0.3 is 0 Å². The number of rotatable bonds is 6. The molecular formula is C32H48S. The molecule has 0 spiro atoms. The van der Waals surface area contributed by atoms with Crippen molar-refractivity contribution in [2.75, 3.05) is 0 Å². The van der Waals surface area contributed by atoms with Crippen molar-refractivity contribution in [1.82, 2.24) is 0 Å². The molecule has 0 aliphatic heterocycles. The molecule has 0 aliphatic carbocycles. The quantitative estimate of drug-likeness (QED) is 0.367. The summed E-state index contributed by atoms with van der Waals surface area (Å²) in [6.07, 6.45) is 21.8. The Morgan fingerprint density at radius 2 is 0.788 bits per heavy atom. The molecule has 1 aromatic rings. The molecule has 0 N–H and O–H groups in total. The summed E-state index contributed by atoms with van der Waals surface area (Å²) < 4.78 is 0. The first kappa shape index (κ1) is 29.2. The minimum atomic E-state index is 0.173. The van der Waals surface area contributed by atoms with Gasteiger partial charge in [0, 0.05) is 9.75 Å². The molecule has 1 rings (SSSR count). The number of hydrogen-bond acceptors (Lipinski definition) is 1. The van der Waals surface area contributed by atoms with Crippen molar-refractivity contribution < 1.29 is 0 Å². The lowest BCUT2D eigenvalue weighted by molar-refractivity contribution is 0.362. The smallest absolute Gasteiger partial charge is 0.0276 e. The average Bonchev–Trinajstić information content (AvgIpc) is 3.04. The maximum Gasteiger partial charge on any atom is 0.0276 e. The summed E-state index contributed by atoms with van der Waals surface area (Å²) in [6.45, 7) is 27.4. The van der Waals surface area contributed by atoms with Crippen LogP contribution in [0.3, 0.4) is 0 Å². The van der Waals surface area contributed by atoms with Crippen LogP contribution in [0.15, 0.2) is 71.9 Å². The molecule has 0 aromatic carbocycles. The highest BCUT2D eigenvalue weighted by atomic mass is 32.1. The van der Waals surface area contributed by atoms with E-state index in [0.717, 1.165) is 0 Å². The molecular weight excluding hydrogens is 416 g/mol. The molecule has 1 heteroatoms. The van der Waals surface area contributed by atoms with Crippen LogP contribution < -0.4 is 0 Å². The van der Waals surface area contributed by atoms with Crippen molar-refractivity contribution in [1.29, 1.82) is 0 Å². The Morgan fingerprint density at radius 1 is 0.485 bits per heavy atom. The van der Waals surface area contributed by atoms with E-state index in [-0.39, 0.29) is 21.7 Å². The van der Waals surface area contributed by atoms with Gasteiger partial charge in [0.2, 0.25) is 0 Å². The Hall–Kier alpha value is -1.86. The third kappa shape index (κ3) is 10.7. The van der Waals surface area contributed by atoms with Crippen LogP contribution in [0.1, 0.15) is 92.8 Å². The van der Waals surface area contributed by atoms with Crippen LogP contribution in [0, 0.1) is 21.7 Å². The second-order valence-electron chi connectivity index (χ2n) is 12.9. The fourth-order valence-electron chi connectivity index (χ4n) is 4.53. The SMILES string of the molecule is CC(C)(C)C(=C/C=C/C=C/c1ccc(/C=C/C=C/C=C(C(C)(C)C)C(C)(C)C)s1)C(C)(C)C. The van der Waals surface area contributed by atoms with Gasteiger partial charge in [0.25, 0.3) is 0 Å². The molecule has 0 aliphatic rings. The molecule has 0 saturated carbocycles. The van der Waals surface area contributed by atoms with E-state index in [1.807, 2.05) is 0 Å². The molecule has 0 bridgehead atoms. The standard InChI is InChI=1S/C32H48S/c1-29(2,3)27(30(4,5)6)21-17-13-15-19-25-23-24-26(33-25)20-16-14-18-22-28(31(7,8)9)32(10,11)12/h13-24H,1-12H3/b17-13+,18-14+,19-15+,20-16+. The molecule has 0 amide bonds. The van der Waals surface area contributed by atoms with Crippen LogP contribution in [0.2, 0.25) is 0 Å². The zero-order valence-corrected chi connectivity index (χ0v) is 24.2. The summed E-state index contributed by atoms with van der Waals surface area (Å²) >= 11 is 1.81. The van der Waals surface area contributed by atoms with Crippen molar-refractivity contribution in [3.8, 4) is 0 Å². The summed E-state index contributed by atoms with van der Waals surface area (Å²) in [7, 11) is 0. The Labute approximate surface area is 209 Å². The predicted molar refractivity (Wildman–Crippen MR) is 155 cm³/mol. The van der Waals surface area contributed by atoms with Gasteiger partial charge in [0.15, 0.2) is 0 Å². The number of hydrogen-bond donors (Lipinski definition) is 0. The van der Waals surface area contributed by atoms with E-state index in [0.29, 0.717) is 0 Å². The van der Waals surface area contributed by atoms with E-state index in [4.69, 9.17) is 0 Å². The van der Waals surface area contributed by atoms with Crippen molar-refractivity contribution in [2.24, 2.45) is 21.7 Å². The number of allylic oxidation sites excluding steroid dienone is 10. The van der Waals surface area contributed by atoms with E-state index in [1.54, 1.807) is 11.3 Å². The van der Waals surface area contributed by atoms with Crippen LogP contribution in [-0.2, 0) is 0 Å². The zero-order valence-electron chi connectivity index (χ0n) is 23.3. The fraction of sp³-hybridized carbons (Fsp3) is 0.500. The second-order valence-corrected chi connectivity index (χ2v) is 14.0. The molecule has 1 aromatic heterocycles. The van der Waals surface area contributed by atoms with E-state index >= 15 is 0 Å². The molecule has 0 saturated heterocycles. The second kappa shape index (κ2) is 11.5. The average molecular weight is 465 g/mol. The molecule has 1 heterocycles. The Bertz CT molecular complexity index is 816. The van der Waals surface area contributed by atoms with Crippen LogP contribution in [0.5, 0.6) is 0 Å². The number of thiophene rings is 1. The minimum Gasteiger partial charge on any atom is -0.137 e. The van der Waals surface area contributed by atoms with Crippen molar-refractivity contribution in [3.63, 3.8) is 0 Å². The highest BCUT2D eigenvalue weighted by Gasteiger charge is 2.27. The normalized spacial score (nSPS) is 14.2. The van der Waals surface area contributed by atoms with E-state index in [2.05, 4.69) is 156 Å². The lowest BCUT2D eigenvalue weighted by Gasteiger charge is -2.33. The molecule has 182 valence electrons. The molecule has 0 nitrogen and oxygen atoms in total. The summed E-state index contributed by atoms with van der Waals surface area (Å²) in [4.78, 5) is 2.53. The predicted octanol–water partition coefficient (Wildman–Crippen LogP) is 10.9. The molecule has 0 atom stereocenters. The Balaban J connectivity index is 2.80. The third-order valence-corrected chi connectivity index (χ3v) is 6.39. The van der Waals surface area contributed by atoms with Crippen LogP contribution >= 0.6 is 11.3 Å². The van der Waals surface area contributed by atoms with E-state index < -0.39 is 0 Å². The van der Waals surface area contributed by atoms with Crippen LogP contribution in [-0.4, -0.2) is 0 Å². The van der Waals surface area contributed by atoms with E-state index in [9.17, 15) is 0 Å². The van der Waals surface area contributed by atoms with Crippen molar-refractivity contribution in [2.45, 2.75) is 83.1 Å². The summed E-state index contributed by atoms with van der Waals surface area (Å²) in [5.41, 5.74) is 3.62. The maximum absolute atomic E-state index is 2.29. The van der Waals surface area contributed by atoms with Gasteiger partial charge in [-0.05, 0) is 45.9 Å². The first-order valence-corrected chi connectivity index (χ1v) is 13.0. The third-order valence-electron chi connectivity index (χ3n) is 5.37. The van der Waals surface area contributed by atoms with Crippen LogP contribution in [0.25, 0.3) is 12.2 Å². The Kier molecular flexibility index (Phi) is 10.2. The van der Waals surface area contributed by atoms with Crippen molar-refractivity contribution >= 4 is 23.5 Å².